The van der Waals surface area contributed by atoms with Gasteiger partial charge in [0.05, 0.1) is 35.2 Å². The molecule has 0 atom stereocenters. The molecule has 144 valence electrons. The van der Waals surface area contributed by atoms with Gasteiger partial charge in [-0.15, -0.1) is 0 Å². The molecule has 27 heavy (non-hydrogen) atoms. The molecule has 7 nitrogen and oxygen atoms in total. The molecule has 0 aliphatic heterocycles. The molecule has 9 heteroatoms. The third-order valence-corrected chi connectivity index (χ3v) is 5.17. The van der Waals surface area contributed by atoms with Crippen LogP contribution >= 0.6 is 27.5 Å². The first-order valence-electron chi connectivity index (χ1n) is 8.43. The van der Waals surface area contributed by atoms with Gasteiger partial charge in [-0.3, -0.25) is 14.4 Å². The summed E-state index contributed by atoms with van der Waals surface area (Å²) in [6.45, 7) is -0.244. The number of Topliss-reactive ketones (excluding diaryl/α,β-unsaturated/α-hetero) is 1. The number of halogens is 2. The van der Waals surface area contributed by atoms with Crippen LogP contribution in [0, 0.1) is 0 Å². The summed E-state index contributed by atoms with van der Waals surface area (Å²) in [6, 6.07) is 5.35. The second-order valence-electron chi connectivity index (χ2n) is 6.14. The Bertz CT molecular complexity index is 897. The van der Waals surface area contributed by atoms with E-state index in [4.69, 9.17) is 21.5 Å². The molecule has 1 amide bonds. The van der Waals surface area contributed by atoms with Crippen molar-refractivity contribution in [2.45, 2.75) is 19.3 Å². The topological polar surface area (TPSA) is 92.6 Å². The van der Waals surface area contributed by atoms with Gasteiger partial charge in [0.2, 0.25) is 0 Å². The molecule has 1 aromatic carbocycles. The first kappa shape index (κ1) is 19.9. The van der Waals surface area contributed by atoms with E-state index < -0.39 is 5.91 Å². The summed E-state index contributed by atoms with van der Waals surface area (Å²) < 4.78 is 2.52. The molecule has 0 radical (unpaired) electrons. The first-order valence-corrected chi connectivity index (χ1v) is 9.61. The number of benzene rings is 1. The van der Waals surface area contributed by atoms with Gasteiger partial charge < -0.3 is 15.0 Å². The molecule has 3 N–H and O–H groups in total. The van der Waals surface area contributed by atoms with E-state index in [9.17, 15) is 9.59 Å². The highest BCUT2D eigenvalue weighted by Crippen LogP contribution is 2.36. The average Bonchev–Trinajstić information content (AvgIpc) is 2.91. The number of carbonyl (C=O) groups excluding carboxylic acids is 2. The van der Waals surface area contributed by atoms with Crippen LogP contribution in [-0.4, -0.2) is 34.6 Å². The maximum Gasteiger partial charge on any atom is 0.278 e. The number of ketones is 1. The maximum atomic E-state index is 12.7. The van der Waals surface area contributed by atoms with Crippen LogP contribution in [0.3, 0.4) is 0 Å². The molecule has 0 saturated heterocycles. The molecule has 1 heterocycles. The molecule has 1 aliphatic rings. The van der Waals surface area contributed by atoms with Gasteiger partial charge in [0, 0.05) is 17.9 Å². The Morgan fingerprint density at radius 1 is 1.41 bits per heavy atom. The van der Waals surface area contributed by atoms with Crippen LogP contribution in [0.2, 0.25) is 5.02 Å². The number of fused-ring (bicyclic) bond motifs is 1. The molecular weight excluding hydrogens is 438 g/mol. The maximum absolute atomic E-state index is 12.7. The van der Waals surface area contributed by atoms with Crippen LogP contribution < -0.4 is 10.8 Å². The third-order valence-electron chi connectivity index (χ3n) is 4.36. The molecular formula is C18H19BrClN3O4. The molecule has 0 unspecified atom stereocenters. The van der Waals surface area contributed by atoms with Crippen LogP contribution in [0.25, 0.3) is 0 Å². The summed E-state index contributed by atoms with van der Waals surface area (Å²) in [5.74, 6) is -0.0191. The van der Waals surface area contributed by atoms with Crippen LogP contribution in [0.5, 0.6) is 0 Å². The second-order valence-corrected chi connectivity index (χ2v) is 7.46. The quantitative estimate of drug-likeness (QED) is 0.458. The van der Waals surface area contributed by atoms with Crippen molar-refractivity contribution in [3.05, 3.63) is 44.5 Å². The van der Waals surface area contributed by atoms with E-state index in [1.807, 2.05) is 6.07 Å². The number of aliphatic hydroxyl groups excluding tert-OH is 1. The number of hydrogen-bond acceptors (Lipinski definition) is 5. The average molecular weight is 457 g/mol. The highest BCUT2D eigenvalue weighted by Gasteiger charge is 2.31. The van der Waals surface area contributed by atoms with E-state index in [0.717, 1.165) is 4.47 Å². The number of nitrogens with zero attached hydrogens (tertiary/aromatic N) is 1. The minimum absolute atomic E-state index is 0.000898. The van der Waals surface area contributed by atoms with E-state index in [-0.39, 0.29) is 19.0 Å². The van der Waals surface area contributed by atoms with Gasteiger partial charge in [0.15, 0.2) is 5.78 Å². The first-order chi connectivity index (χ1) is 12.9. The SMILES string of the molecule is Cn1c(Nc2ccc(Br)cc2Cl)c(C(=O)NOCCO)c2c1C(=O)CCC2. The normalized spacial score (nSPS) is 13.4. The lowest BCUT2D eigenvalue weighted by Gasteiger charge is -2.13. The highest BCUT2D eigenvalue weighted by molar-refractivity contribution is 9.10. The number of anilines is 2. The summed E-state index contributed by atoms with van der Waals surface area (Å²) in [4.78, 5) is 30.1. The fourth-order valence-corrected chi connectivity index (χ4v) is 3.93. The van der Waals surface area contributed by atoms with E-state index in [2.05, 4.69) is 26.7 Å². The minimum Gasteiger partial charge on any atom is -0.394 e. The van der Waals surface area contributed by atoms with Crippen LogP contribution in [-0.2, 0) is 18.3 Å². The zero-order valence-electron chi connectivity index (χ0n) is 14.6. The Balaban J connectivity index is 2.05. The fourth-order valence-electron chi connectivity index (χ4n) is 3.21. The molecule has 0 bridgehead atoms. The van der Waals surface area contributed by atoms with Crippen molar-refractivity contribution in [2.75, 3.05) is 18.5 Å². The van der Waals surface area contributed by atoms with Crippen molar-refractivity contribution in [3.8, 4) is 0 Å². The lowest BCUT2D eigenvalue weighted by Crippen LogP contribution is -2.27. The largest absolute Gasteiger partial charge is 0.394 e. The molecule has 1 aliphatic carbocycles. The van der Waals surface area contributed by atoms with E-state index in [0.29, 0.717) is 52.6 Å². The van der Waals surface area contributed by atoms with Gasteiger partial charge in [-0.25, -0.2) is 5.48 Å². The highest BCUT2D eigenvalue weighted by atomic mass is 79.9. The summed E-state index contributed by atoms with van der Waals surface area (Å²) in [5, 5.41) is 12.5. The predicted octanol–water partition coefficient (Wildman–Crippen LogP) is 3.36. The summed E-state index contributed by atoms with van der Waals surface area (Å²) in [6.07, 6.45) is 1.75. The number of aliphatic hydroxyl groups is 1. The Morgan fingerprint density at radius 2 is 2.19 bits per heavy atom. The van der Waals surface area contributed by atoms with E-state index in [1.165, 1.54) is 0 Å². The zero-order valence-corrected chi connectivity index (χ0v) is 17.0. The van der Waals surface area contributed by atoms with Crippen molar-refractivity contribution in [1.82, 2.24) is 10.0 Å². The summed E-state index contributed by atoms with van der Waals surface area (Å²) >= 11 is 9.66. The second kappa shape index (κ2) is 8.43. The molecule has 2 aromatic rings. The Morgan fingerprint density at radius 3 is 2.89 bits per heavy atom. The fraction of sp³-hybridized carbons (Fsp3) is 0.333. The minimum atomic E-state index is -0.481. The number of nitrogens with one attached hydrogen (secondary N) is 2. The van der Waals surface area contributed by atoms with E-state index >= 15 is 0 Å². The van der Waals surface area contributed by atoms with Crippen molar-refractivity contribution < 1.29 is 19.5 Å². The van der Waals surface area contributed by atoms with Gasteiger partial charge in [0.1, 0.15) is 5.82 Å². The van der Waals surface area contributed by atoms with Crippen molar-refractivity contribution in [1.29, 1.82) is 0 Å². The molecule has 0 fully saturated rings. The number of aromatic nitrogens is 1. The number of rotatable bonds is 6. The van der Waals surface area contributed by atoms with Crippen molar-refractivity contribution in [3.63, 3.8) is 0 Å². The third kappa shape index (κ3) is 4.03. The van der Waals surface area contributed by atoms with Crippen LogP contribution in [0.4, 0.5) is 11.5 Å². The van der Waals surface area contributed by atoms with E-state index in [1.54, 1.807) is 23.7 Å². The Kier molecular flexibility index (Phi) is 6.21. The lowest BCUT2D eigenvalue weighted by atomic mass is 9.93. The van der Waals surface area contributed by atoms with Gasteiger partial charge in [-0.05, 0) is 36.6 Å². The zero-order chi connectivity index (χ0) is 19.6. The summed E-state index contributed by atoms with van der Waals surface area (Å²) in [5.41, 5.74) is 4.48. The number of carbonyl (C=O) groups is 2. The smallest absolute Gasteiger partial charge is 0.278 e. The Hall–Kier alpha value is -1.87. The molecule has 0 spiro atoms. The number of hydroxylamine groups is 1. The van der Waals surface area contributed by atoms with Gasteiger partial charge in [0.25, 0.3) is 5.91 Å². The summed E-state index contributed by atoms with van der Waals surface area (Å²) in [7, 11) is 1.74. The lowest BCUT2D eigenvalue weighted by molar-refractivity contribution is 0.0168. The monoisotopic (exact) mass is 455 g/mol. The Labute approximate surface area is 169 Å². The molecule has 3 rings (SSSR count). The number of amides is 1. The standard InChI is InChI=1S/C18H19BrClN3O4/c1-23-16-11(3-2-4-14(16)25)15(18(26)22-27-8-7-24)17(23)21-13-6-5-10(19)9-12(13)20/h5-6,9,21,24H,2-4,7-8H2,1H3,(H,22,26). The van der Waals surface area contributed by atoms with Gasteiger partial charge in [-0.2, -0.15) is 0 Å². The van der Waals surface area contributed by atoms with Crippen LogP contribution in [0.15, 0.2) is 22.7 Å². The number of hydrogen-bond donors (Lipinski definition) is 3. The van der Waals surface area contributed by atoms with Crippen LogP contribution in [0.1, 0.15) is 39.3 Å². The van der Waals surface area contributed by atoms with Gasteiger partial charge >= 0.3 is 0 Å². The van der Waals surface area contributed by atoms with Crippen molar-refractivity contribution >= 4 is 50.7 Å². The van der Waals surface area contributed by atoms with Gasteiger partial charge in [-0.1, -0.05) is 27.5 Å². The molecule has 1 aromatic heterocycles. The predicted molar refractivity (Wildman–Crippen MR) is 106 cm³/mol. The van der Waals surface area contributed by atoms with Crippen molar-refractivity contribution in [2.24, 2.45) is 7.05 Å². The molecule has 0 saturated carbocycles.